The molecule has 3 unspecified atom stereocenters. The normalized spacial score (nSPS) is 26.5. The average Bonchev–Trinajstić information content (AvgIpc) is 3.65. The van der Waals surface area contributed by atoms with E-state index in [4.69, 9.17) is 19.4 Å². The molecule has 222 valence electrons. The monoisotopic (exact) mass is 570 g/mol. The van der Waals surface area contributed by atoms with Crippen LogP contribution in [0.25, 0.3) is 5.65 Å². The third-order valence-corrected chi connectivity index (χ3v) is 8.78. The van der Waals surface area contributed by atoms with Gasteiger partial charge in [0.1, 0.15) is 6.10 Å². The van der Waals surface area contributed by atoms with Gasteiger partial charge in [0.05, 0.1) is 12.7 Å². The van der Waals surface area contributed by atoms with Crippen LogP contribution in [0.2, 0.25) is 0 Å². The number of nitrogens with one attached hydrogen (secondary N) is 2. The van der Waals surface area contributed by atoms with E-state index in [0.29, 0.717) is 24.9 Å². The third-order valence-electron chi connectivity index (χ3n) is 8.78. The summed E-state index contributed by atoms with van der Waals surface area (Å²) in [5.74, 6) is -0.247. The second kappa shape index (κ2) is 11.4. The van der Waals surface area contributed by atoms with E-state index in [0.717, 1.165) is 62.9 Å². The van der Waals surface area contributed by atoms with Gasteiger partial charge in [0.25, 0.3) is 5.91 Å². The van der Waals surface area contributed by atoms with Gasteiger partial charge in [-0.15, -0.1) is 0 Å². The minimum atomic E-state index is -0.993. The lowest BCUT2D eigenvalue weighted by Gasteiger charge is -2.39. The Kier molecular flexibility index (Phi) is 7.71. The van der Waals surface area contributed by atoms with Crippen molar-refractivity contribution in [3.63, 3.8) is 0 Å². The first-order valence-corrected chi connectivity index (χ1v) is 14.8. The lowest BCUT2D eigenvalue weighted by atomic mass is 9.98. The second-order valence-electron chi connectivity index (χ2n) is 11.9. The Morgan fingerprint density at radius 3 is 2.49 bits per heavy atom. The van der Waals surface area contributed by atoms with Crippen molar-refractivity contribution in [3.05, 3.63) is 24.2 Å². The molecule has 0 aromatic carbocycles. The SMILES string of the molecule is C=C(F)C(=O)N1CCC(OC(=O)N2C3CCC2CC(Nc2nc(NC4CCOCC4)nc4c(C(C)C)cnn24)C3)C1. The molecule has 4 fully saturated rings. The lowest BCUT2D eigenvalue weighted by molar-refractivity contribution is -0.128. The van der Waals surface area contributed by atoms with Gasteiger partial charge in [-0.3, -0.25) is 4.79 Å². The summed E-state index contributed by atoms with van der Waals surface area (Å²) in [6, 6.07) is 0.455. The van der Waals surface area contributed by atoms with Crippen molar-refractivity contribution in [2.75, 3.05) is 36.9 Å². The maximum atomic E-state index is 13.3. The summed E-state index contributed by atoms with van der Waals surface area (Å²) in [5, 5.41) is 11.8. The van der Waals surface area contributed by atoms with Gasteiger partial charge in [-0.05, 0) is 44.4 Å². The number of carbonyl (C=O) groups is 2. The highest BCUT2D eigenvalue weighted by Crippen LogP contribution is 2.38. The fourth-order valence-electron chi connectivity index (χ4n) is 6.64. The van der Waals surface area contributed by atoms with E-state index in [1.54, 1.807) is 4.52 Å². The van der Waals surface area contributed by atoms with Gasteiger partial charge in [-0.1, -0.05) is 20.4 Å². The van der Waals surface area contributed by atoms with Crippen LogP contribution in [0.1, 0.15) is 70.3 Å². The molecule has 2 N–H and O–H groups in total. The van der Waals surface area contributed by atoms with Crippen LogP contribution < -0.4 is 10.6 Å². The van der Waals surface area contributed by atoms with E-state index in [-0.39, 0.29) is 42.7 Å². The van der Waals surface area contributed by atoms with Gasteiger partial charge in [-0.2, -0.15) is 19.6 Å². The summed E-state index contributed by atoms with van der Waals surface area (Å²) < 4.78 is 26.3. The minimum Gasteiger partial charge on any atom is -0.444 e. The van der Waals surface area contributed by atoms with Crippen molar-refractivity contribution >= 4 is 29.5 Å². The van der Waals surface area contributed by atoms with Crippen molar-refractivity contribution in [3.8, 4) is 0 Å². The van der Waals surface area contributed by atoms with E-state index in [1.807, 2.05) is 11.1 Å². The molecule has 0 saturated carbocycles. The number of hydrogen-bond donors (Lipinski definition) is 2. The molecule has 2 aromatic rings. The van der Waals surface area contributed by atoms with Gasteiger partial charge < -0.3 is 29.9 Å². The Balaban J connectivity index is 1.13. The van der Waals surface area contributed by atoms with Crippen LogP contribution >= 0.6 is 0 Å². The maximum Gasteiger partial charge on any atom is 0.410 e. The first-order valence-electron chi connectivity index (χ1n) is 14.8. The summed E-state index contributed by atoms with van der Waals surface area (Å²) in [6.07, 6.45) is 6.72. The molecular formula is C28H39FN8O4. The predicted molar refractivity (Wildman–Crippen MR) is 149 cm³/mol. The molecule has 2 aromatic heterocycles. The van der Waals surface area contributed by atoms with Gasteiger partial charge in [0, 0.05) is 55.9 Å². The van der Waals surface area contributed by atoms with E-state index in [9.17, 15) is 14.0 Å². The molecule has 3 atom stereocenters. The minimum absolute atomic E-state index is 0.0458. The van der Waals surface area contributed by atoms with Crippen LogP contribution in [0, 0.1) is 0 Å². The number of rotatable bonds is 7. The number of likely N-dealkylation sites (tertiary alicyclic amines) is 1. The number of carbonyl (C=O) groups excluding carboxylic acids is 2. The van der Waals surface area contributed by atoms with Gasteiger partial charge in [0.2, 0.25) is 11.9 Å². The van der Waals surface area contributed by atoms with Crippen molar-refractivity contribution in [2.45, 2.75) is 95.0 Å². The van der Waals surface area contributed by atoms with Crippen LogP contribution in [-0.4, -0.2) is 98.0 Å². The Hall–Kier alpha value is -3.48. The summed E-state index contributed by atoms with van der Waals surface area (Å²) in [7, 11) is 0. The topological polar surface area (TPSA) is 126 Å². The van der Waals surface area contributed by atoms with Crippen molar-refractivity contribution in [2.24, 2.45) is 0 Å². The molecule has 41 heavy (non-hydrogen) atoms. The smallest absolute Gasteiger partial charge is 0.410 e. The number of hydrogen-bond acceptors (Lipinski definition) is 9. The third kappa shape index (κ3) is 5.68. The number of amides is 2. The van der Waals surface area contributed by atoms with E-state index in [2.05, 4.69) is 36.2 Å². The highest BCUT2D eigenvalue weighted by atomic mass is 19.1. The van der Waals surface area contributed by atoms with Gasteiger partial charge >= 0.3 is 6.09 Å². The molecule has 12 nitrogen and oxygen atoms in total. The van der Waals surface area contributed by atoms with Crippen molar-refractivity contribution in [1.29, 1.82) is 0 Å². The quantitative estimate of drug-likeness (QED) is 0.481. The number of piperidine rings is 1. The molecule has 4 aliphatic rings. The largest absolute Gasteiger partial charge is 0.444 e. The summed E-state index contributed by atoms with van der Waals surface area (Å²) >= 11 is 0. The number of nitrogens with zero attached hydrogens (tertiary/aromatic N) is 6. The molecule has 0 spiro atoms. The summed E-state index contributed by atoms with van der Waals surface area (Å²) in [5.41, 5.74) is 1.85. The Bertz CT molecular complexity index is 1300. The predicted octanol–water partition coefficient (Wildman–Crippen LogP) is 3.47. The van der Waals surface area contributed by atoms with Crippen LogP contribution in [-0.2, 0) is 14.3 Å². The standard InChI is InChI=1S/C28H39FN8O4/c1-16(2)23-14-30-37-24(23)33-26(31-18-7-10-40-11-8-18)34-27(37)32-19-12-20-4-5-21(13-19)36(20)28(39)41-22-6-9-35(15-22)25(38)17(3)29/h14,16,18-22H,3-13,15H2,1-2H3,(H2,31,32,33,34). The zero-order valence-electron chi connectivity index (χ0n) is 23.7. The molecule has 0 radical (unpaired) electrons. The number of aromatic nitrogens is 4. The highest BCUT2D eigenvalue weighted by molar-refractivity contribution is 5.90. The van der Waals surface area contributed by atoms with Crippen LogP contribution in [0.5, 0.6) is 0 Å². The fraction of sp³-hybridized carbons (Fsp3) is 0.679. The number of halogens is 1. The first kappa shape index (κ1) is 27.7. The van der Waals surface area contributed by atoms with Gasteiger partial charge in [-0.25, -0.2) is 9.18 Å². The van der Waals surface area contributed by atoms with E-state index < -0.39 is 17.8 Å². The zero-order valence-corrected chi connectivity index (χ0v) is 23.7. The summed E-state index contributed by atoms with van der Waals surface area (Å²) in [6.45, 7) is 9.33. The Morgan fingerprint density at radius 1 is 1.07 bits per heavy atom. The van der Waals surface area contributed by atoms with Crippen LogP contribution in [0.15, 0.2) is 18.6 Å². The molecule has 2 bridgehead atoms. The highest BCUT2D eigenvalue weighted by Gasteiger charge is 2.45. The number of anilines is 2. The maximum absolute atomic E-state index is 13.3. The second-order valence-corrected chi connectivity index (χ2v) is 11.9. The van der Waals surface area contributed by atoms with E-state index in [1.165, 1.54) is 4.90 Å². The number of fused-ring (bicyclic) bond motifs is 3. The lowest BCUT2D eigenvalue weighted by Crippen LogP contribution is -2.50. The Labute approximate surface area is 238 Å². The van der Waals surface area contributed by atoms with Crippen molar-refractivity contribution < 1.29 is 23.5 Å². The Morgan fingerprint density at radius 2 is 1.80 bits per heavy atom. The first-order chi connectivity index (χ1) is 19.8. The molecular weight excluding hydrogens is 531 g/mol. The van der Waals surface area contributed by atoms with Crippen LogP contribution in [0.3, 0.4) is 0 Å². The molecule has 13 heteroatoms. The molecule has 4 saturated heterocycles. The van der Waals surface area contributed by atoms with Gasteiger partial charge in [0.15, 0.2) is 11.5 Å². The van der Waals surface area contributed by atoms with Crippen LogP contribution in [0.4, 0.5) is 21.1 Å². The molecule has 0 aliphatic carbocycles. The average molecular weight is 571 g/mol. The fourth-order valence-corrected chi connectivity index (χ4v) is 6.64. The molecule has 4 aliphatic heterocycles. The summed E-state index contributed by atoms with van der Waals surface area (Å²) in [4.78, 5) is 38.0. The molecule has 2 amide bonds. The molecule has 6 heterocycles. The molecule has 6 rings (SSSR count). The number of ether oxygens (including phenoxy) is 2. The van der Waals surface area contributed by atoms with Crippen molar-refractivity contribution in [1.82, 2.24) is 29.4 Å². The van der Waals surface area contributed by atoms with E-state index >= 15 is 0 Å². The zero-order chi connectivity index (χ0) is 28.7.